The van der Waals surface area contributed by atoms with E-state index in [0.29, 0.717) is 16.3 Å². The van der Waals surface area contributed by atoms with E-state index in [1.807, 2.05) is 0 Å². The zero-order valence-electron chi connectivity index (χ0n) is 11.4. The molecular formula is C14H13N3O3. The van der Waals surface area contributed by atoms with Crippen LogP contribution in [0.25, 0.3) is 21.8 Å². The largest absolute Gasteiger partial charge is 0.331 e. The van der Waals surface area contributed by atoms with Gasteiger partial charge in [-0.05, 0) is 6.07 Å². The first kappa shape index (κ1) is 12.4. The lowest BCUT2D eigenvalue weighted by molar-refractivity contribution is 0.703. The van der Waals surface area contributed by atoms with Crippen LogP contribution in [0, 0.1) is 0 Å². The van der Waals surface area contributed by atoms with Crippen molar-refractivity contribution in [3.63, 3.8) is 0 Å². The molecule has 3 aromatic rings. The number of nitrogens with zero attached hydrogens (tertiary/aromatic N) is 3. The predicted molar refractivity (Wildman–Crippen MR) is 77.2 cm³/mol. The van der Waals surface area contributed by atoms with Crippen LogP contribution in [0.2, 0.25) is 0 Å². The van der Waals surface area contributed by atoms with E-state index in [-0.39, 0.29) is 11.1 Å². The van der Waals surface area contributed by atoms with E-state index < -0.39 is 11.2 Å². The highest BCUT2D eigenvalue weighted by atomic mass is 16.2. The molecule has 0 fully saturated rings. The van der Waals surface area contributed by atoms with Gasteiger partial charge < -0.3 is 4.57 Å². The van der Waals surface area contributed by atoms with Gasteiger partial charge in [-0.1, -0.05) is 18.2 Å². The molecule has 0 aliphatic heterocycles. The van der Waals surface area contributed by atoms with Crippen LogP contribution >= 0.6 is 0 Å². The minimum Gasteiger partial charge on any atom is -0.305 e. The molecule has 3 rings (SSSR count). The maximum atomic E-state index is 12.3. The first-order valence-electron chi connectivity index (χ1n) is 6.12. The van der Waals surface area contributed by atoms with Crippen molar-refractivity contribution in [2.75, 3.05) is 0 Å². The fourth-order valence-electron chi connectivity index (χ4n) is 2.60. The Morgan fingerprint density at radius 1 is 0.700 bits per heavy atom. The summed E-state index contributed by atoms with van der Waals surface area (Å²) in [5.74, 6) is 0. The van der Waals surface area contributed by atoms with Crippen LogP contribution in [-0.4, -0.2) is 13.7 Å². The van der Waals surface area contributed by atoms with Gasteiger partial charge in [0, 0.05) is 31.9 Å². The van der Waals surface area contributed by atoms with E-state index in [2.05, 4.69) is 0 Å². The minimum atomic E-state index is -0.464. The Kier molecular flexibility index (Phi) is 2.44. The predicted octanol–water partition coefficient (Wildman–Crippen LogP) is 0.0891. The SMILES string of the molecule is Cn1c(=O)c2c(c3ccccc3c(=O)n2C)n(C)c1=O. The van der Waals surface area contributed by atoms with Crippen molar-refractivity contribution in [1.82, 2.24) is 13.7 Å². The first-order valence-corrected chi connectivity index (χ1v) is 6.12. The van der Waals surface area contributed by atoms with Crippen molar-refractivity contribution < 1.29 is 0 Å². The van der Waals surface area contributed by atoms with Crippen molar-refractivity contribution in [2.24, 2.45) is 21.1 Å². The number of aryl methyl sites for hydroxylation is 2. The highest BCUT2D eigenvalue weighted by molar-refractivity contribution is 6.03. The van der Waals surface area contributed by atoms with Gasteiger partial charge in [0.1, 0.15) is 5.52 Å². The number of hydrogen-bond acceptors (Lipinski definition) is 3. The maximum absolute atomic E-state index is 12.3. The smallest absolute Gasteiger partial charge is 0.305 e. The highest BCUT2D eigenvalue weighted by Gasteiger charge is 2.16. The van der Waals surface area contributed by atoms with Gasteiger partial charge in [-0.3, -0.25) is 18.7 Å². The van der Waals surface area contributed by atoms with Crippen LogP contribution in [0.4, 0.5) is 0 Å². The number of pyridine rings is 1. The summed E-state index contributed by atoms with van der Waals surface area (Å²) in [6, 6.07) is 6.98. The molecule has 0 saturated carbocycles. The van der Waals surface area contributed by atoms with Gasteiger partial charge in [0.05, 0.1) is 5.52 Å². The van der Waals surface area contributed by atoms with E-state index in [1.54, 1.807) is 38.4 Å². The van der Waals surface area contributed by atoms with Crippen molar-refractivity contribution >= 4 is 21.8 Å². The third-order valence-corrected chi connectivity index (χ3v) is 3.69. The zero-order valence-corrected chi connectivity index (χ0v) is 11.4. The molecule has 2 heterocycles. The highest BCUT2D eigenvalue weighted by Crippen LogP contribution is 2.18. The molecule has 20 heavy (non-hydrogen) atoms. The molecule has 0 aliphatic rings. The van der Waals surface area contributed by atoms with Gasteiger partial charge in [0.15, 0.2) is 0 Å². The van der Waals surface area contributed by atoms with E-state index in [1.165, 1.54) is 16.2 Å². The quantitative estimate of drug-likeness (QED) is 0.544. The third kappa shape index (κ3) is 1.36. The van der Waals surface area contributed by atoms with Crippen LogP contribution in [-0.2, 0) is 21.1 Å². The molecule has 6 heteroatoms. The average molecular weight is 271 g/mol. The molecular weight excluding hydrogens is 258 g/mol. The Bertz CT molecular complexity index is 1040. The van der Waals surface area contributed by atoms with Gasteiger partial charge >= 0.3 is 5.69 Å². The second kappa shape index (κ2) is 3.93. The van der Waals surface area contributed by atoms with E-state index in [4.69, 9.17) is 0 Å². The van der Waals surface area contributed by atoms with Crippen LogP contribution in [0.15, 0.2) is 38.6 Å². The molecule has 0 bridgehead atoms. The Labute approximate surface area is 113 Å². The molecule has 0 N–H and O–H groups in total. The first-order chi connectivity index (χ1) is 9.45. The maximum Gasteiger partial charge on any atom is 0.331 e. The summed E-state index contributed by atoms with van der Waals surface area (Å²) in [5.41, 5.74) is -0.405. The number of benzene rings is 1. The zero-order chi connectivity index (χ0) is 14.6. The monoisotopic (exact) mass is 271 g/mol. The summed E-state index contributed by atoms with van der Waals surface area (Å²) in [7, 11) is 4.55. The van der Waals surface area contributed by atoms with Crippen LogP contribution in [0.1, 0.15) is 0 Å². The fraction of sp³-hybridized carbons (Fsp3) is 0.214. The van der Waals surface area contributed by atoms with Crippen molar-refractivity contribution in [1.29, 1.82) is 0 Å². The summed E-state index contributed by atoms with van der Waals surface area (Å²) in [5, 5.41) is 1.11. The van der Waals surface area contributed by atoms with E-state index in [0.717, 1.165) is 4.57 Å². The van der Waals surface area contributed by atoms with Gasteiger partial charge in [0.2, 0.25) is 0 Å². The van der Waals surface area contributed by atoms with E-state index in [9.17, 15) is 14.4 Å². The molecule has 0 atom stereocenters. The molecule has 0 unspecified atom stereocenters. The lowest BCUT2D eigenvalue weighted by Gasteiger charge is -2.12. The summed E-state index contributed by atoms with van der Waals surface area (Å²) in [6.45, 7) is 0. The van der Waals surface area contributed by atoms with Crippen molar-refractivity contribution in [3.05, 3.63) is 55.5 Å². The van der Waals surface area contributed by atoms with Crippen LogP contribution in [0.3, 0.4) is 0 Å². The Morgan fingerprint density at radius 3 is 1.95 bits per heavy atom. The van der Waals surface area contributed by atoms with Crippen LogP contribution in [0.5, 0.6) is 0 Å². The third-order valence-electron chi connectivity index (χ3n) is 3.69. The molecule has 0 amide bonds. The lowest BCUT2D eigenvalue weighted by Crippen LogP contribution is -2.39. The van der Waals surface area contributed by atoms with Gasteiger partial charge in [-0.25, -0.2) is 4.79 Å². The molecule has 0 aliphatic carbocycles. The lowest BCUT2D eigenvalue weighted by atomic mass is 10.1. The number of fused-ring (bicyclic) bond motifs is 3. The molecule has 2 aromatic heterocycles. The van der Waals surface area contributed by atoms with Gasteiger partial charge in [-0.2, -0.15) is 0 Å². The average Bonchev–Trinajstić information content (AvgIpc) is 2.46. The Morgan fingerprint density at radius 2 is 1.30 bits per heavy atom. The van der Waals surface area contributed by atoms with Crippen molar-refractivity contribution in [3.8, 4) is 0 Å². The Hall–Kier alpha value is -2.63. The Balaban J connectivity index is 2.90. The summed E-state index contributed by atoms with van der Waals surface area (Å²) < 4.78 is 3.72. The normalized spacial score (nSPS) is 11.3. The molecule has 1 aromatic carbocycles. The standard InChI is InChI=1S/C14H13N3O3/c1-15-11-10(16(2)14(20)17(3)13(11)19)8-6-4-5-7-9(8)12(15)18/h4-7H,1-3H3. The summed E-state index contributed by atoms with van der Waals surface area (Å²) in [4.78, 5) is 36.7. The summed E-state index contributed by atoms with van der Waals surface area (Å²) in [6.07, 6.45) is 0. The topological polar surface area (TPSA) is 66.0 Å². The van der Waals surface area contributed by atoms with Gasteiger partial charge in [0.25, 0.3) is 11.1 Å². The number of hydrogen-bond donors (Lipinski definition) is 0. The molecule has 0 spiro atoms. The fourth-order valence-corrected chi connectivity index (χ4v) is 2.60. The molecule has 0 radical (unpaired) electrons. The molecule has 0 saturated heterocycles. The summed E-state index contributed by atoms with van der Waals surface area (Å²) >= 11 is 0. The molecule has 6 nitrogen and oxygen atoms in total. The van der Waals surface area contributed by atoms with Crippen LogP contribution < -0.4 is 16.8 Å². The number of aromatic nitrogens is 3. The van der Waals surface area contributed by atoms with Gasteiger partial charge in [-0.15, -0.1) is 0 Å². The second-order valence-corrected chi connectivity index (χ2v) is 4.81. The molecule has 102 valence electrons. The minimum absolute atomic E-state index is 0.235. The number of rotatable bonds is 0. The second-order valence-electron chi connectivity index (χ2n) is 4.81. The van der Waals surface area contributed by atoms with E-state index >= 15 is 0 Å². The van der Waals surface area contributed by atoms with Crippen molar-refractivity contribution in [2.45, 2.75) is 0 Å².